The highest BCUT2D eigenvalue weighted by atomic mass is 16.4. The summed E-state index contributed by atoms with van der Waals surface area (Å²) in [5.74, 6) is -0.589. The maximum absolute atomic E-state index is 11.3. The first-order valence-electron chi connectivity index (χ1n) is 6.67. The summed E-state index contributed by atoms with van der Waals surface area (Å²) in [5.41, 5.74) is 0.863. The zero-order valence-corrected chi connectivity index (χ0v) is 11.2. The van der Waals surface area contributed by atoms with Crippen LogP contribution in [0.4, 0.5) is 0 Å². The Morgan fingerprint density at radius 3 is 2.28 bits per heavy atom. The normalized spacial score (nSPS) is 12.6. The molecule has 1 aromatic rings. The number of benzene rings is 1. The first kappa shape index (κ1) is 14.7. The predicted molar refractivity (Wildman–Crippen MR) is 73.8 cm³/mol. The summed E-state index contributed by atoms with van der Waals surface area (Å²) in [6.45, 7) is 5.73. The van der Waals surface area contributed by atoms with E-state index in [0.29, 0.717) is 12.5 Å². The lowest BCUT2D eigenvalue weighted by Gasteiger charge is -2.17. The molecule has 2 N–H and O–H groups in total. The molecule has 0 heterocycles. The lowest BCUT2D eigenvalue weighted by molar-refractivity contribution is -0.138. The molecule has 0 aliphatic rings. The largest absolute Gasteiger partial charge is 0.481 e. The standard InChI is InChI=1S/C15H23NO2/c1-3-12(4-2)10-16-11-14(15(17)18)13-8-6-5-7-9-13/h5-9,12,14,16H,3-4,10-11H2,1-2H3,(H,17,18). The molecule has 0 spiro atoms. The Morgan fingerprint density at radius 1 is 1.17 bits per heavy atom. The fraction of sp³-hybridized carbons (Fsp3) is 0.533. The molecule has 0 bridgehead atoms. The third-order valence-corrected chi connectivity index (χ3v) is 3.44. The molecule has 0 saturated heterocycles. The first-order chi connectivity index (χ1) is 8.69. The molecule has 1 unspecified atom stereocenters. The quantitative estimate of drug-likeness (QED) is 0.745. The molecule has 18 heavy (non-hydrogen) atoms. The van der Waals surface area contributed by atoms with Crippen molar-refractivity contribution in [3.63, 3.8) is 0 Å². The Bertz CT molecular complexity index is 347. The van der Waals surface area contributed by atoms with Gasteiger partial charge in [-0.2, -0.15) is 0 Å². The van der Waals surface area contributed by atoms with Crippen LogP contribution in [0.5, 0.6) is 0 Å². The van der Waals surface area contributed by atoms with E-state index < -0.39 is 11.9 Å². The van der Waals surface area contributed by atoms with Gasteiger partial charge in [-0.25, -0.2) is 0 Å². The summed E-state index contributed by atoms with van der Waals surface area (Å²) in [7, 11) is 0. The van der Waals surface area contributed by atoms with Gasteiger partial charge in [0.05, 0.1) is 5.92 Å². The van der Waals surface area contributed by atoms with Gasteiger partial charge in [0.2, 0.25) is 0 Å². The van der Waals surface area contributed by atoms with E-state index in [0.717, 1.165) is 24.9 Å². The van der Waals surface area contributed by atoms with Gasteiger partial charge in [0.1, 0.15) is 0 Å². The molecule has 0 fully saturated rings. The first-order valence-corrected chi connectivity index (χ1v) is 6.67. The van der Waals surface area contributed by atoms with E-state index in [1.165, 1.54) is 0 Å². The van der Waals surface area contributed by atoms with E-state index in [1.807, 2.05) is 30.3 Å². The van der Waals surface area contributed by atoms with Gasteiger partial charge in [0.25, 0.3) is 0 Å². The molecule has 0 aliphatic heterocycles. The van der Waals surface area contributed by atoms with Crippen LogP contribution in [0.3, 0.4) is 0 Å². The monoisotopic (exact) mass is 249 g/mol. The van der Waals surface area contributed by atoms with Crippen LogP contribution < -0.4 is 5.32 Å². The molecule has 1 rings (SSSR count). The summed E-state index contributed by atoms with van der Waals surface area (Å²) in [4.78, 5) is 11.3. The van der Waals surface area contributed by atoms with Crippen LogP contribution >= 0.6 is 0 Å². The summed E-state index contributed by atoms with van der Waals surface area (Å²) in [6, 6.07) is 9.41. The van der Waals surface area contributed by atoms with Crippen molar-refractivity contribution in [1.82, 2.24) is 5.32 Å². The Balaban J connectivity index is 2.52. The van der Waals surface area contributed by atoms with Gasteiger partial charge in [0.15, 0.2) is 0 Å². The molecule has 1 aromatic carbocycles. The second kappa shape index (κ2) is 7.88. The van der Waals surface area contributed by atoms with E-state index in [4.69, 9.17) is 0 Å². The second-order valence-corrected chi connectivity index (χ2v) is 4.64. The van der Waals surface area contributed by atoms with Gasteiger partial charge in [-0.1, -0.05) is 57.0 Å². The number of carbonyl (C=O) groups is 1. The van der Waals surface area contributed by atoms with Gasteiger partial charge in [0, 0.05) is 6.54 Å². The van der Waals surface area contributed by atoms with Crippen molar-refractivity contribution in [2.75, 3.05) is 13.1 Å². The van der Waals surface area contributed by atoms with Crippen LogP contribution in [0.2, 0.25) is 0 Å². The summed E-state index contributed by atoms with van der Waals surface area (Å²) in [6.07, 6.45) is 2.26. The summed E-state index contributed by atoms with van der Waals surface area (Å²) < 4.78 is 0. The molecule has 0 aromatic heterocycles. The number of rotatable bonds is 8. The molecule has 0 amide bonds. The van der Waals surface area contributed by atoms with E-state index >= 15 is 0 Å². The topological polar surface area (TPSA) is 49.3 Å². The van der Waals surface area contributed by atoms with E-state index in [9.17, 15) is 9.90 Å². The number of aliphatic carboxylic acids is 1. The van der Waals surface area contributed by atoms with Crippen LogP contribution in [0.1, 0.15) is 38.2 Å². The van der Waals surface area contributed by atoms with Crippen molar-refractivity contribution in [3.8, 4) is 0 Å². The maximum Gasteiger partial charge on any atom is 0.312 e. The van der Waals surface area contributed by atoms with Crippen molar-refractivity contribution in [3.05, 3.63) is 35.9 Å². The van der Waals surface area contributed by atoms with Gasteiger partial charge in [-0.3, -0.25) is 4.79 Å². The zero-order valence-electron chi connectivity index (χ0n) is 11.2. The molecule has 0 aliphatic carbocycles. The van der Waals surface area contributed by atoms with Crippen LogP contribution in [0, 0.1) is 5.92 Å². The molecule has 3 heteroatoms. The Morgan fingerprint density at radius 2 is 1.78 bits per heavy atom. The van der Waals surface area contributed by atoms with Gasteiger partial charge < -0.3 is 10.4 Å². The van der Waals surface area contributed by atoms with Gasteiger partial charge in [-0.15, -0.1) is 0 Å². The second-order valence-electron chi connectivity index (χ2n) is 4.64. The number of carboxylic acids is 1. The van der Waals surface area contributed by atoms with Crippen LogP contribution in [0.15, 0.2) is 30.3 Å². The SMILES string of the molecule is CCC(CC)CNCC(C(=O)O)c1ccccc1. The zero-order chi connectivity index (χ0) is 13.4. The minimum absolute atomic E-state index is 0.458. The maximum atomic E-state index is 11.3. The smallest absolute Gasteiger partial charge is 0.312 e. The highest BCUT2D eigenvalue weighted by Crippen LogP contribution is 2.15. The fourth-order valence-electron chi connectivity index (χ4n) is 2.04. The number of nitrogens with one attached hydrogen (secondary N) is 1. The van der Waals surface area contributed by atoms with E-state index in [1.54, 1.807) is 0 Å². The molecule has 3 nitrogen and oxygen atoms in total. The van der Waals surface area contributed by atoms with Gasteiger partial charge in [-0.05, 0) is 18.0 Å². The minimum atomic E-state index is -0.766. The summed E-state index contributed by atoms with van der Waals surface area (Å²) >= 11 is 0. The predicted octanol–water partition coefficient (Wildman–Crippen LogP) is 2.88. The summed E-state index contributed by atoms with van der Waals surface area (Å²) in [5, 5.41) is 12.6. The van der Waals surface area contributed by atoms with Crippen LogP contribution in [-0.2, 0) is 4.79 Å². The highest BCUT2D eigenvalue weighted by molar-refractivity contribution is 5.76. The minimum Gasteiger partial charge on any atom is -0.481 e. The van der Waals surface area contributed by atoms with Crippen molar-refractivity contribution >= 4 is 5.97 Å². The molecule has 0 saturated carbocycles. The van der Waals surface area contributed by atoms with Gasteiger partial charge >= 0.3 is 5.97 Å². The Labute approximate surface area is 109 Å². The Kier molecular flexibility index (Phi) is 6.44. The van der Waals surface area contributed by atoms with Crippen LogP contribution in [0.25, 0.3) is 0 Å². The molecule has 100 valence electrons. The molecule has 1 atom stereocenters. The molecule has 0 radical (unpaired) electrons. The van der Waals surface area contributed by atoms with Crippen molar-refractivity contribution in [2.45, 2.75) is 32.6 Å². The third-order valence-electron chi connectivity index (χ3n) is 3.44. The highest BCUT2D eigenvalue weighted by Gasteiger charge is 2.19. The number of carboxylic acid groups (broad SMARTS) is 1. The number of hydrogen-bond donors (Lipinski definition) is 2. The van der Waals surface area contributed by atoms with Crippen molar-refractivity contribution in [2.24, 2.45) is 5.92 Å². The molecular weight excluding hydrogens is 226 g/mol. The third kappa shape index (κ3) is 4.49. The lowest BCUT2D eigenvalue weighted by atomic mass is 9.98. The van der Waals surface area contributed by atoms with Crippen molar-refractivity contribution < 1.29 is 9.90 Å². The van der Waals surface area contributed by atoms with Crippen LogP contribution in [-0.4, -0.2) is 24.2 Å². The Hall–Kier alpha value is -1.35. The average molecular weight is 249 g/mol. The van der Waals surface area contributed by atoms with Crippen molar-refractivity contribution in [1.29, 1.82) is 0 Å². The molecular formula is C15H23NO2. The average Bonchev–Trinajstić information content (AvgIpc) is 2.39. The van der Waals surface area contributed by atoms with E-state index in [2.05, 4.69) is 19.2 Å². The number of hydrogen-bond acceptors (Lipinski definition) is 2. The fourth-order valence-corrected chi connectivity index (χ4v) is 2.04. The lowest BCUT2D eigenvalue weighted by Crippen LogP contribution is -2.30. The van der Waals surface area contributed by atoms with E-state index in [-0.39, 0.29) is 0 Å².